The summed E-state index contributed by atoms with van der Waals surface area (Å²) >= 11 is 3.75. The Morgan fingerprint density at radius 3 is 2.11 bits per heavy atom. The highest BCUT2D eigenvalue weighted by atomic mass is 79.9. The number of hydrogen-bond donors (Lipinski definition) is 0. The number of rotatable bonds is 2. The van der Waals surface area contributed by atoms with Crippen LogP contribution in [0.4, 0.5) is 0 Å². The van der Waals surface area contributed by atoms with Gasteiger partial charge in [-0.25, -0.2) is 0 Å². The van der Waals surface area contributed by atoms with Gasteiger partial charge in [-0.2, -0.15) is 0 Å². The van der Waals surface area contributed by atoms with Crippen molar-refractivity contribution in [3.8, 4) is 27.9 Å². The molecule has 0 unspecified atom stereocenters. The van der Waals surface area contributed by atoms with Crippen LogP contribution in [0, 0.1) is 0 Å². The van der Waals surface area contributed by atoms with Crippen LogP contribution in [0.5, 0.6) is 0 Å². The van der Waals surface area contributed by atoms with E-state index in [4.69, 9.17) is 0 Å². The molecule has 1 aliphatic rings. The first-order chi connectivity index (χ1) is 17.0. The van der Waals surface area contributed by atoms with Crippen LogP contribution in [-0.4, -0.2) is 4.57 Å². The van der Waals surface area contributed by atoms with Crippen molar-refractivity contribution in [2.45, 2.75) is 19.3 Å². The molecule has 0 radical (unpaired) electrons. The minimum absolute atomic E-state index is 0.0654. The zero-order valence-electron chi connectivity index (χ0n) is 19.7. The molecular formula is C33H24BrN. The predicted molar refractivity (Wildman–Crippen MR) is 151 cm³/mol. The smallest absolute Gasteiger partial charge is 0.0544 e. The molecule has 0 fully saturated rings. The van der Waals surface area contributed by atoms with E-state index in [9.17, 15) is 0 Å². The summed E-state index contributed by atoms with van der Waals surface area (Å²) in [6.07, 6.45) is 0. The van der Waals surface area contributed by atoms with Crippen molar-refractivity contribution in [2.75, 3.05) is 0 Å². The molecule has 0 aliphatic heterocycles. The van der Waals surface area contributed by atoms with Crippen LogP contribution in [0.3, 0.4) is 0 Å². The summed E-state index contributed by atoms with van der Waals surface area (Å²) in [5.74, 6) is 0. The Kier molecular flexibility index (Phi) is 4.40. The molecule has 0 saturated carbocycles. The van der Waals surface area contributed by atoms with Gasteiger partial charge in [-0.1, -0.05) is 103 Å². The minimum atomic E-state index is -0.0654. The topological polar surface area (TPSA) is 4.93 Å². The maximum atomic E-state index is 3.75. The van der Waals surface area contributed by atoms with E-state index in [2.05, 4.69) is 144 Å². The van der Waals surface area contributed by atoms with Crippen molar-refractivity contribution in [3.05, 3.63) is 125 Å². The van der Waals surface area contributed by atoms with Gasteiger partial charge in [0.2, 0.25) is 0 Å². The normalized spacial score (nSPS) is 13.8. The molecule has 35 heavy (non-hydrogen) atoms. The van der Waals surface area contributed by atoms with E-state index >= 15 is 0 Å². The predicted octanol–water partition coefficient (Wildman–Crippen LogP) is 9.52. The third-order valence-corrected chi connectivity index (χ3v) is 8.13. The minimum Gasteiger partial charge on any atom is -0.309 e. The lowest BCUT2D eigenvalue weighted by atomic mass is 9.80. The maximum absolute atomic E-state index is 3.75. The Hall–Kier alpha value is -3.62. The zero-order valence-corrected chi connectivity index (χ0v) is 21.3. The zero-order chi connectivity index (χ0) is 23.7. The Bertz CT molecular complexity index is 1760. The Morgan fingerprint density at radius 1 is 0.629 bits per heavy atom. The standard InChI is InChI=1S/C33H24BrN/c1-33(2)28-11-7-6-10-25(28)26-17-19-30-31(32(26)33)27-20-23(34)14-18-29(27)35(30)24-15-12-22(13-16-24)21-8-4-3-5-9-21/h3-20H,1-2H3. The van der Waals surface area contributed by atoms with E-state index in [0.29, 0.717) is 0 Å². The van der Waals surface area contributed by atoms with Gasteiger partial charge < -0.3 is 4.57 Å². The van der Waals surface area contributed by atoms with Gasteiger partial charge in [0.15, 0.2) is 0 Å². The molecule has 0 spiro atoms. The van der Waals surface area contributed by atoms with E-state index in [-0.39, 0.29) is 5.41 Å². The fraction of sp³-hybridized carbons (Fsp3) is 0.0909. The molecule has 0 amide bonds. The number of hydrogen-bond acceptors (Lipinski definition) is 0. The van der Waals surface area contributed by atoms with E-state index < -0.39 is 0 Å². The lowest BCUT2D eigenvalue weighted by Crippen LogP contribution is -2.15. The molecule has 1 aliphatic carbocycles. The van der Waals surface area contributed by atoms with Crippen LogP contribution in [0.1, 0.15) is 25.0 Å². The monoisotopic (exact) mass is 513 g/mol. The van der Waals surface area contributed by atoms with Crippen LogP contribution in [0.25, 0.3) is 49.7 Å². The molecule has 1 nitrogen and oxygen atoms in total. The van der Waals surface area contributed by atoms with Gasteiger partial charge >= 0.3 is 0 Å². The van der Waals surface area contributed by atoms with E-state index in [0.717, 1.165) is 4.47 Å². The number of nitrogens with zero attached hydrogens (tertiary/aromatic N) is 1. The number of benzene rings is 5. The van der Waals surface area contributed by atoms with E-state index in [1.54, 1.807) is 0 Å². The van der Waals surface area contributed by atoms with Crippen molar-refractivity contribution in [1.29, 1.82) is 0 Å². The van der Waals surface area contributed by atoms with Crippen molar-refractivity contribution in [2.24, 2.45) is 0 Å². The Labute approximate surface area is 213 Å². The average Bonchev–Trinajstić information content (AvgIpc) is 3.33. The van der Waals surface area contributed by atoms with E-state index in [1.165, 1.54) is 60.9 Å². The van der Waals surface area contributed by atoms with Gasteiger partial charge in [0, 0.05) is 26.3 Å². The first-order valence-electron chi connectivity index (χ1n) is 12.1. The fourth-order valence-corrected chi connectivity index (χ4v) is 6.43. The highest BCUT2D eigenvalue weighted by Gasteiger charge is 2.37. The van der Waals surface area contributed by atoms with Crippen LogP contribution in [-0.2, 0) is 5.41 Å². The van der Waals surface area contributed by atoms with Crippen molar-refractivity contribution >= 4 is 37.7 Å². The van der Waals surface area contributed by atoms with Crippen molar-refractivity contribution in [1.82, 2.24) is 4.57 Å². The lowest BCUT2D eigenvalue weighted by Gasteiger charge is -2.22. The molecule has 5 aromatic carbocycles. The quantitative estimate of drug-likeness (QED) is 0.217. The summed E-state index contributed by atoms with van der Waals surface area (Å²) < 4.78 is 3.53. The fourth-order valence-electron chi connectivity index (χ4n) is 6.07. The molecule has 2 heteroatoms. The highest BCUT2D eigenvalue weighted by Crippen LogP contribution is 2.53. The third kappa shape index (κ3) is 2.93. The average molecular weight is 514 g/mol. The second kappa shape index (κ2) is 7.44. The SMILES string of the molecule is CC1(C)c2ccccc2-c2ccc3c(c21)c1cc(Br)ccc1n3-c1ccc(-c2ccccc2)cc1. The van der Waals surface area contributed by atoms with E-state index in [1.807, 2.05) is 0 Å². The summed E-state index contributed by atoms with van der Waals surface area (Å²) in [6, 6.07) is 39.7. The molecule has 7 rings (SSSR count). The molecule has 1 heterocycles. The Morgan fingerprint density at radius 2 is 1.31 bits per heavy atom. The van der Waals surface area contributed by atoms with Crippen molar-refractivity contribution in [3.63, 3.8) is 0 Å². The molecule has 0 saturated heterocycles. The van der Waals surface area contributed by atoms with Gasteiger partial charge in [0.1, 0.15) is 0 Å². The van der Waals surface area contributed by atoms with Crippen LogP contribution >= 0.6 is 15.9 Å². The second-order valence-electron chi connectivity index (χ2n) is 9.96. The van der Waals surface area contributed by atoms with Gasteiger partial charge in [-0.15, -0.1) is 0 Å². The first kappa shape index (κ1) is 20.7. The van der Waals surface area contributed by atoms with Crippen LogP contribution < -0.4 is 0 Å². The summed E-state index contributed by atoms with van der Waals surface area (Å²) in [4.78, 5) is 0. The first-order valence-corrected chi connectivity index (χ1v) is 12.9. The lowest BCUT2D eigenvalue weighted by molar-refractivity contribution is 0.666. The second-order valence-corrected chi connectivity index (χ2v) is 10.9. The number of aromatic nitrogens is 1. The van der Waals surface area contributed by atoms with Gasteiger partial charge in [0.25, 0.3) is 0 Å². The summed E-state index contributed by atoms with van der Waals surface area (Å²) in [7, 11) is 0. The van der Waals surface area contributed by atoms with Gasteiger partial charge in [0.05, 0.1) is 11.0 Å². The molecular weight excluding hydrogens is 490 g/mol. The Balaban J connectivity index is 1.53. The number of fused-ring (bicyclic) bond motifs is 7. The number of halogens is 1. The van der Waals surface area contributed by atoms with Crippen LogP contribution in [0.15, 0.2) is 114 Å². The van der Waals surface area contributed by atoms with Crippen LogP contribution in [0.2, 0.25) is 0 Å². The molecule has 168 valence electrons. The van der Waals surface area contributed by atoms with Gasteiger partial charge in [-0.3, -0.25) is 0 Å². The molecule has 1 aromatic heterocycles. The highest BCUT2D eigenvalue weighted by molar-refractivity contribution is 9.10. The van der Waals surface area contributed by atoms with Gasteiger partial charge in [-0.05, 0) is 69.8 Å². The molecule has 0 bridgehead atoms. The summed E-state index contributed by atoms with van der Waals surface area (Å²) in [5.41, 5.74) is 11.6. The summed E-state index contributed by atoms with van der Waals surface area (Å²) in [5, 5.41) is 2.64. The molecule has 0 N–H and O–H groups in total. The molecule has 6 aromatic rings. The molecule has 0 atom stereocenters. The largest absolute Gasteiger partial charge is 0.309 e. The third-order valence-electron chi connectivity index (χ3n) is 7.64. The summed E-state index contributed by atoms with van der Waals surface area (Å²) in [6.45, 7) is 4.74. The maximum Gasteiger partial charge on any atom is 0.0544 e. The van der Waals surface area contributed by atoms with Crippen molar-refractivity contribution < 1.29 is 0 Å².